The van der Waals surface area contributed by atoms with Crippen molar-refractivity contribution in [1.82, 2.24) is 4.90 Å². The molecule has 0 aromatic heterocycles. The number of hydrogen-bond acceptors (Lipinski definition) is 4. The van der Waals surface area contributed by atoms with Crippen LogP contribution in [0.3, 0.4) is 0 Å². The molecular weight excluding hydrogens is 305 g/mol. The molecule has 2 fully saturated rings. The number of carbonyl (C=O) groups is 1. The molecule has 114 valence electrons. The second kappa shape index (κ2) is 6.71. The summed E-state index contributed by atoms with van der Waals surface area (Å²) in [5.74, 6) is 1.30. The van der Waals surface area contributed by atoms with Gasteiger partial charge in [-0.3, -0.25) is 4.79 Å². The Balaban J connectivity index is 0.000000126. The van der Waals surface area contributed by atoms with Crippen LogP contribution in [0.4, 0.5) is 4.39 Å². The molecule has 2 heterocycles. The van der Waals surface area contributed by atoms with Crippen molar-refractivity contribution in [2.45, 2.75) is 46.4 Å². The Labute approximate surface area is 133 Å². The lowest BCUT2D eigenvalue weighted by atomic mass is 9.84. The minimum atomic E-state index is -0.794. The maximum absolute atomic E-state index is 12.6. The quantitative estimate of drug-likeness (QED) is 0.712. The molecule has 1 aromatic carbocycles. The van der Waals surface area contributed by atoms with Gasteiger partial charge in [-0.25, -0.2) is 4.39 Å². The molecular formula is C16H20FNOS2. The predicted molar refractivity (Wildman–Crippen MR) is 86.4 cm³/mol. The van der Waals surface area contributed by atoms with E-state index in [1.165, 1.54) is 36.5 Å². The molecule has 2 nitrogen and oxygen atoms in total. The number of Topliss-reactive ketones (excluding diaryl/α,β-unsaturated/α-hetero) is 1. The number of nitrogens with zero attached hydrogens (tertiary/aromatic N) is 1. The molecule has 2 aliphatic heterocycles. The van der Waals surface area contributed by atoms with Gasteiger partial charge in [0.2, 0.25) is 4.84 Å². The van der Waals surface area contributed by atoms with Crippen LogP contribution in [0, 0.1) is 5.92 Å². The molecule has 1 saturated carbocycles. The molecule has 1 saturated heterocycles. The van der Waals surface area contributed by atoms with Crippen molar-refractivity contribution in [1.29, 1.82) is 0 Å². The SMILES string of the molecule is CN1CCC2CCC(=O)CC21.FC1Sc2ccccc2S1. The number of benzene rings is 1. The highest BCUT2D eigenvalue weighted by atomic mass is 32.2. The van der Waals surface area contributed by atoms with Crippen LogP contribution in [0.5, 0.6) is 0 Å². The molecule has 2 unspecified atom stereocenters. The molecule has 0 spiro atoms. The molecule has 3 aliphatic rings. The topological polar surface area (TPSA) is 20.3 Å². The van der Waals surface area contributed by atoms with E-state index in [0.717, 1.165) is 35.0 Å². The number of carbonyl (C=O) groups excluding carboxylic acids is 1. The van der Waals surface area contributed by atoms with E-state index in [9.17, 15) is 9.18 Å². The van der Waals surface area contributed by atoms with E-state index in [0.29, 0.717) is 11.8 Å². The van der Waals surface area contributed by atoms with E-state index in [1.54, 1.807) is 0 Å². The Kier molecular flexibility index (Phi) is 4.92. The second-order valence-electron chi connectivity index (χ2n) is 5.84. The number of rotatable bonds is 0. The average Bonchev–Trinajstić information content (AvgIpc) is 3.02. The first-order valence-corrected chi connectivity index (χ1v) is 9.18. The molecule has 0 bridgehead atoms. The molecule has 5 heteroatoms. The van der Waals surface area contributed by atoms with E-state index in [1.807, 2.05) is 24.3 Å². The zero-order valence-corrected chi connectivity index (χ0v) is 13.8. The highest BCUT2D eigenvalue weighted by Crippen LogP contribution is 2.47. The minimum absolute atomic E-state index is 0.472. The maximum Gasteiger partial charge on any atom is 0.200 e. The molecule has 1 aromatic rings. The standard InChI is InChI=1S/C9H15NO.C7H5FS2/c1-10-5-4-7-2-3-8(11)6-9(7)10;8-7-9-5-3-1-2-4-6(5)10-7/h7,9H,2-6H2,1H3;1-4,7H. The van der Waals surface area contributed by atoms with Gasteiger partial charge in [0.15, 0.2) is 0 Å². The van der Waals surface area contributed by atoms with Gasteiger partial charge >= 0.3 is 0 Å². The van der Waals surface area contributed by atoms with Crippen LogP contribution in [0.1, 0.15) is 25.7 Å². The number of alkyl halides is 1. The van der Waals surface area contributed by atoms with Gasteiger partial charge in [0, 0.05) is 28.7 Å². The molecule has 0 radical (unpaired) electrons. The van der Waals surface area contributed by atoms with Crippen molar-refractivity contribution < 1.29 is 9.18 Å². The monoisotopic (exact) mass is 325 g/mol. The second-order valence-corrected chi connectivity index (χ2v) is 8.31. The summed E-state index contributed by atoms with van der Waals surface area (Å²) in [6, 6.07) is 8.37. The van der Waals surface area contributed by atoms with Gasteiger partial charge in [-0.15, -0.1) is 0 Å². The molecule has 1 aliphatic carbocycles. The summed E-state index contributed by atoms with van der Waals surface area (Å²) in [7, 11) is 2.14. The van der Waals surface area contributed by atoms with Crippen molar-refractivity contribution in [3.05, 3.63) is 24.3 Å². The molecule has 4 rings (SSSR count). The van der Waals surface area contributed by atoms with E-state index in [2.05, 4.69) is 11.9 Å². The summed E-state index contributed by atoms with van der Waals surface area (Å²) in [4.78, 5) is 14.8. The van der Waals surface area contributed by atoms with Crippen LogP contribution in [0.2, 0.25) is 0 Å². The lowest BCUT2D eigenvalue weighted by Gasteiger charge is -2.28. The highest BCUT2D eigenvalue weighted by molar-refractivity contribution is 8.19. The fourth-order valence-electron chi connectivity index (χ4n) is 3.30. The Morgan fingerprint density at radius 1 is 1.19 bits per heavy atom. The van der Waals surface area contributed by atoms with Crippen molar-refractivity contribution >= 4 is 29.3 Å². The van der Waals surface area contributed by atoms with Gasteiger partial charge in [-0.1, -0.05) is 35.7 Å². The van der Waals surface area contributed by atoms with Gasteiger partial charge in [0.05, 0.1) is 0 Å². The van der Waals surface area contributed by atoms with Gasteiger partial charge in [-0.2, -0.15) is 0 Å². The number of fused-ring (bicyclic) bond motifs is 2. The van der Waals surface area contributed by atoms with E-state index in [-0.39, 0.29) is 0 Å². The largest absolute Gasteiger partial charge is 0.303 e. The van der Waals surface area contributed by atoms with Crippen molar-refractivity contribution in [2.75, 3.05) is 13.6 Å². The third kappa shape index (κ3) is 3.63. The van der Waals surface area contributed by atoms with Crippen LogP contribution in [-0.2, 0) is 4.79 Å². The Hall–Kier alpha value is -0.520. The maximum atomic E-state index is 12.6. The first-order valence-electron chi connectivity index (χ1n) is 7.42. The average molecular weight is 325 g/mol. The van der Waals surface area contributed by atoms with Crippen molar-refractivity contribution in [2.24, 2.45) is 5.92 Å². The number of likely N-dealkylation sites (tertiary alicyclic amines) is 1. The molecule has 21 heavy (non-hydrogen) atoms. The summed E-state index contributed by atoms with van der Waals surface area (Å²) >= 11 is 2.57. The van der Waals surface area contributed by atoms with Gasteiger partial charge in [0.1, 0.15) is 5.78 Å². The Morgan fingerprint density at radius 2 is 1.86 bits per heavy atom. The number of ketones is 1. The van der Waals surface area contributed by atoms with Crippen LogP contribution in [0.25, 0.3) is 0 Å². The Morgan fingerprint density at radius 3 is 2.52 bits per heavy atom. The normalized spacial score (nSPS) is 28.8. The highest BCUT2D eigenvalue weighted by Gasteiger charge is 2.36. The van der Waals surface area contributed by atoms with Gasteiger partial charge in [-0.05, 0) is 44.5 Å². The Bertz CT molecular complexity index is 500. The zero-order chi connectivity index (χ0) is 14.8. The summed E-state index contributed by atoms with van der Waals surface area (Å²) in [6.45, 7) is 1.20. The smallest absolute Gasteiger partial charge is 0.200 e. The zero-order valence-electron chi connectivity index (χ0n) is 12.1. The summed E-state index contributed by atoms with van der Waals surface area (Å²) in [5, 5.41) is 0. The fraction of sp³-hybridized carbons (Fsp3) is 0.562. The van der Waals surface area contributed by atoms with Crippen molar-refractivity contribution in [3.63, 3.8) is 0 Å². The summed E-state index contributed by atoms with van der Waals surface area (Å²) < 4.78 is 12.6. The van der Waals surface area contributed by atoms with Crippen LogP contribution >= 0.6 is 23.5 Å². The first kappa shape index (κ1) is 15.4. The van der Waals surface area contributed by atoms with Crippen LogP contribution < -0.4 is 0 Å². The number of halogens is 1. The molecule has 0 N–H and O–H groups in total. The third-order valence-corrected chi connectivity index (χ3v) is 6.78. The minimum Gasteiger partial charge on any atom is -0.303 e. The number of thioether (sulfide) groups is 2. The first-order chi connectivity index (χ1) is 10.1. The molecule has 2 atom stereocenters. The lowest BCUT2D eigenvalue weighted by Crippen LogP contribution is -2.35. The van der Waals surface area contributed by atoms with Gasteiger partial charge in [0.25, 0.3) is 0 Å². The summed E-state index contributed by atoms with van der Waals surface area (Å²) in [5.41, 5.74) is 0. The lowest BCUT2D eigenvalue weighted by molar-refractivity contribution is -0.122. The van der Waals surface area contributed by atoms with Gasteiger partial charge < -0.3 is 4.90 Å². The van der Waals surface area contributed by atoms with E-state index < -0.39 is 4.84 Å². The molecule has 0 amide bonds. The number of hydrogen-bond donors (Lipinski definition) is 0. The van der Waals surface area contributed by atoms with E-state index >= 15 is 0 Å². The summed E-state index contributed by atoms with van der Waals surface area (Å²) in [6.07, 6.45) is 4.12. The van der Waals surface area contributed by atoms with Crippen LogP contribution in [-0.4, -0.2) is 35.2 Å². The van der Waals surface area contributed by atoms with Crippen molar-refractivity contribution in [3.8, 4) is 0 Å². The predicted octanol–water partition coefficient (Wildman–Crippen LogP) is 4.20. The fourth-order valence-corrected chi connectivity index (χ4v) is 5.48. The van der Waals surface area contributed by atoms with E-state index in [4.69, 9.17) is 0 Å². The van der Waals surface area contributed by atoms with Crippen LogP contribution in [0.15, 0.2) is 34.1 Å². The third-order valence-electron chi connectivity index (χ3n) is 4.48.